The number of thiophene rings is 1. The summed E-state index contributed by atoms with van der Waals surface area (Å²) in [6.45, 7) is 3.17. The first kappa shape index (κ1) is 32.8. The van der Waals surface area contributed by atoms with Gasteiger partial charge >= 0.3 is 6.03 Å². The molecule has 0 saturated heterocycles. The molecule has 0 aliphatic rings. The number of benzene rings is 1. The molecule has 238 valence electrons. The molecule has 5 rings (SSSR count). The molecule has 5 aromatic rings. The summed E-state index contributed by atoms with van der Waals surface area (Å²) >= 11 is 1.29. The second-order valence-electron chi connectivity index (χ2n) is 11.0. The first-order valence-corrected chi connectivity index (χ1v) is 16.4. The van der Waals surface area contributed by atoms with Crippen molar-refractivity contribution in [1.82, 2.24) is 30.0 Å². The highest BCUT2D eigenvalue weighted by Gasteiger charge is 2.26. The Balaban J connectivity index is 1.26. The van der Waals surface area contributed by atoms with E-state index in [4.69, 9.17) is 4.98 Å². The van der Waals surface area contributed by atoms with Crippen LogP contribution in [-0.2, 0) is 13.6 Å². The number of aryl methyl sites for hydroxylation is 1. The molecule has 0 aliphatic heterocycles. The van der Waals surface area contributed by atoms with Crippen molar-refractivity contribution in [2.45, 2.75) is 51.6 Å². The zero-order chi connectivity index (χ0) is 33.0. The standard InChI is InChI=1S/C35H36N10OS/c1-3-9-29(12-7-8-17-38-34-40-22-27(18-36)33(43-34)31-15-14-30(19-37)47-31)45(35(46)41-20-25-10-5-4-6-11-25)32-16-13-26(21-39-32)28-23-42-44(2)24-28/h4-6,10-11,13-16,21-24,29H,3,7-9,12,17,20H2,1-2H3,(H,41,46)(H,38,40,43)/t29-/m0/s1. The molecule has 0 radical (unpaired) electrons. The van der Waals surface area contributed by atoms with E-state index in [0.717, 1.165) is 53.7 Å². The molecule has 4 aromatic heterocycles. The summed E-state index contributed by atoms with van der Waals surface area (Å²) in [4.78, 5) is 30.5. The highest BCUT2D eigenvalue weighted by atomic mass is 32.1. The van der Waals surface area contributed by atoms with Crippen molar-refractivity contribution < 1.29 is 4.79 Å². The minimum Gasteiger partial charge on any atom is -0.354 e. The first-order valence-electron chi connectivity index (χ1n) is 15.6. The zero-order valence-electron chi connectivity index (χ0n) is 26.4. The van der Waals surface area contributed by atoms with Gasteiger partial charge in [0, 0.05) is 49.7 Å². The Morgan fingerprint density at radius 3 is 2.51 bits per heavy atom. The van der Waals surface area contributed by atoms with Gasteiger partial charge in [0.2, 0.25) is 5.95 Å². The Hall–Kier alpha value is -5.59. The van der Waals surface area contributed by atoms with Crippen molar-refractivity contribution in [2.24, 2.45) is 7.05 Å². The molecular weight excluding hydrogens is 609 g/mol. The Morgan fingerprint density at radius 1 is 0.979 bits per heavy atom. The molecule has 1 atom stereocenters. The minimum absolute atomic E-state index is 0.0570. The third-order valence-electron chi connectivity index (χ3n) is 7.63. The number of nitriles is 2. The van der Waals surface area contributed by atoms with Crippen LogP contribution in [0.25, 0.3) is 21.7 Å². The first-order chi connectivity index (χ1) is 23.0. The molecule has 1 aromatic carbocycles. The molecule has 12 heteroatoms. The number of hydrogen-bond acceptors (Lipinski definition) is 9. The summed E-state index contributed by atoms with van der Waals surface area (Å²) in [5, 5.41) is 29.4. The van der Waals surface area contributed by atoms with Crippen LogP contribution in [0.2, 0.25) is 0 Å². The number of carbonyl (C=O) groups is 1. The van der Waals surface area contributed by atoms with E-state index in [1.807, 2.05) is 55.7 Å². The lowest BCUT2D eigenvalue weighted by Crippen LogP contribution is -2.46. The molecular formula is C35H36N10OS. The van der Waals surface area contributed by atoms with Gasteiger partial charge in [-0.2, -0.15) is 15.6 Å². The van der Waals surface area contributed by atoms with Crippen LogP contribution in [0.3, 0.4) is 0 Å². The van der Waals surface area contributed by atoms with Crippen molar-refractivity contribution >= 4 is 29.1 Å². The van der Waals surface area contributed by atoms with Crippen LogP contribution in [0.1, 0.15) is 55.0 Å². The SMILES string of the molecule is CCC[C@@H](CCCCNc1ncc(C#N)c(-c2ccc(C#N)s2)n1)N(C(=O)NCc1ccccc1)c1ccc(-c2cnn(C)c2)cn1. The van der Waals surface area contributed by atoms with Crippen molar-refractivity contribution in [3.63, 3.8) is 0 Å². The highest BCUT2D eigenvalue weighted by Crippen LogP contribution is 2.29. The monoisotopic (exact) mass is 644 g/mol. The normalized spacial score (nSPS) is 11.3. The Bertz CT molecular complexity index is 1850. The molecule has 0 fully saturated rings. The van der Waals surface area contributed by atoms with Gasteiger partial charge in [0.05, 0.1) is 22.8 Å². The van der Waals surface area contributed by atoms with E-state index in [-0.39, 0.29) is 12.1 Å². The fourth-order valence-corrected chi connectivity index (χ4v) is 6.10. The molecule has 11 nitrogen and oxygen atoms in total. The van der Waals surface area contributed by atoms with Crippen LogP contribution in [0.5, 0.6) is 0 Å². The molecule has 0 aliphatic carbocycles. The number of carbonyl (C=O) groups excluding carboxylic acids is 1. The number of rotatable bonds is 14. The Morgan fingerprint density at radius 2 is 1.83 bits per heavy atom. The molecule has 2 amide bonds. The Kier molecular flexibility index (Phi) is 11.2. The van der Waals surface area contributed by atoms with Crippen LogP contribution < -0.4 is 15.5 Å². The molecule has 4 heterocycles. The molecule has 0 saturated carbocycles. The lowest BCUT2D eigenvalue weighted by atomic mass is 10.0. The van der Waals surface area contributed by atoms with Crippen molar-refractivity contribution in [2.75, 3.05) is 16.8 Å². The van der Waals surface area contributed by atoms with Crippen LogP contribution in [0, 0.1) is 22.7 Å². The summed E-state index contributed by atoms with van der Waals surface area (Å²) in [5.41, 5.74) is 3.79. The molecule has 0 bridgehead atoms. The molecule has 0 unspecified atom stereocenters. The van der Waals surface area contributed by atoms with Gasteiger partial charge in [-0.25, -0.2) is 19.7 Å². The van der Waals surface area contributed by atoms with Gasteiger partial charge in [0.25, 0.3) is 0 Å². The van der Waals surface area contributed by atoms with Gasteiger partial charge in [-0.05, 0) is 55.5 Å². The van der Waals surface area contributed by atoms with E-state index in [9.17, 15) is 15.3 Å². The van der Waals surface area contributed by atoms with Gasteiger partial charge in [-0.15, -0.1) is 11.3 Å². The maximum Gasteiger partial charge on any atom is 0.323 e. The van der Waals surface area contributed by atoms with Gasteiger partial charge in [-0.3, -0.25) is 9.58 Å². The highest BCUT2D eigenvalue weighted by molar-refractivity contribution is 7.16. The third kappa shape index (κ3) is 8.57. The predicted octanol–water partition coefficient (Wildman–Crippen LogP) is 6.91. The number of nitrogens with zero attached hydrogens (tertiary/aromatic N) is 8. The second kappa shape index (κ2) is 16.1. The predicted molar refractivity (Wildman–Crippen MR) is 183 cm³/mol. The van der Waals surface area contributed by atoms with Gasteiger partial charge in [0.15, 0.2) is 0 Å². The third-order valence-corrected chi connectivity index (χ3v) is 8.63. The fraction of sp³-hybridized carbons (Fsp3) is 0.286. The summed E-state index contributed by atoms with van der Waals surface area (Å²) < 4.78 is 1.75. The maximum absolute atomic E-state index is 13.8. The summed E-state index contributed by atoms with van der Waals surface area (Å²) in [5.74, 6) is 1.03. The van der Waals surface area contributed by atoms with E-state index in [2.05, 4.69) is 44.8 Å². The lowest BCUT2D eigenvalue weighted by Gasteiger charge is -2.31. The molecule has 2 N–H and O–H groups in total. The number of nitrogens with one attached hydrogen (secondary N) is 2. The number of anilines is 2. The quantitative estimate of drug-likeness (QED) is 0.124. The average molecular weight is 645 g/mol. The minimum atomic E-state index is -0.182. The van der Waals surface area contributed by atoms with Gasteiger partial charge < -0.3 is 10.6 Å². The second-order valence-corrected chi connectivity index (χ2v) is 12.1. The maximum atomic E-state index is 13.8. The zero-order valence-corrected chi connectivity index (χ0v) is 27.2. The van der Waals surface area contributed by atoms with Crippen LogP contribution >= 0.6 is 11.3 Å². The number of aromatic nitrogens is 5. The van der Waals surface area contributed by atoms with Crippen LogP contribution in [0.4, 0.5) is 16.6 Å². The average Bonchev–Trinajstić information content (AvgIpc) is 3.77. The van der Waals surface area contributed by atoms with Crippen molar-refractivity contribution in [3.05, 3.63) is 95.4 Å². The van der Waals surface area contributed by atoms with E-state index in [1.165, 1.54) is 17.5 Å². The van der Waals surface area contributed by atoms with E-state index in [0.29, 0.717) is 41.0 Å². The van der Waals surface area contributed by atoms with Crippen LogP contribution in [-0.4, -0.2) is 43.4 Å². The van der Waals surface area contributed by atoms with Crippen molar-refractivity contribution in [3.8, 4) is 33.8 Å². The number of urea groups is 1. The topological polar surface area (TPSA) is 148 Å². The van der Waals surface area contributed by atoms with E-state index < -0.39 is 0 Å². The fourth-order valence-electron chi connectivity index (χ4n) is 5.29. The van der Waals surface area contributed by atoms with Crippen LogP contribution in [0.15, 0.2) is 79.4 Å². The number of amides is 2. The Labute approximate surface area is 278 Å². The lowest BCUT2D eigenvalue weighted by molar-refractivity contribution is 0.242. The smallest absolute Gasteiger partial charge is 0.323 e. The number of pyridine rings is 1. The largest absolute Gasteiger partial charge is 0.354 e. The number of hydrogen-bond donors (Lipinski definition) is 2. The summed E-state index contributed by atoms with van der Waals surface area (Å²) in [6, 6.07) is 21.3. The van der Waals surface area contributed by atoms with E-state index in [1.54, 1.807) is 34.1 Å². The van der Waals surface area contributed by atoms with Gasteiger partial charge in [0.1, 0.15) is 28.5 Å². The van der Waals surface area contributed by atoms with Gasteiger partial charge in [-0.1, -0.05) is 43.7 Å². The summed E-state index contributed by atoms with van der Waals surface area (Å²) in [7, 11) is 1.88. The van der Waals surface area contributed by atoms with Crippen molar-refractivity contribution in [1.29, 1.82) is 10.5 Å². The molecule has 47 heavy (non-hydrogen) atoms. The number of unbranched alkanes of at least 4 members (excludes halogenated alkanes) is 1. The van der Waals surface area contributed by atoms with E-state index >= 15 is 0 Å². The molecule has 0 spiro atoms. The summed E-state index contributed by atoms with van der Waals surface area (Å²) in [6.07, 6.45) is 11.2.